The lowest BCUT2D eigenvalue weighted by Crippen LogP contribution is -2.59. The van der Waals surface area contributed by atoms with Gasteiger partial charge >= 0.3 is 11.9 Å². The van der Waals surface area contributed by atoms with Gasteiger partial charge in [-0.25, -0.2) is 4.67 Å². The minimum atomic E-state index is -1.56. The van der Waals surface area contributed by atoms with Crippen molar-refractivity contribution in [3.63, 3.8) is 0 Å². The van der Waals surface area contributed by atoms with Gasteiger partial charge in [-0.3, -0.25) is 33.6 Å². The van der Waals surface area contributed by atoms with E-state index in [2.05, 4.69) is 99.6 Å². The van der Waals surface area contributed by atoms with E-state index in [1.165, 1.54) is 13.8 Å². The van der Waals surface area contributed by atoms with E-state index in [4.69, 9.17) is 66.4 Å². The molecule has 0 aromatic carbocycles. The summed E-state index contributed by atoms with van der Waals surface area (Å²) in [7, 11) is -1.49. The number of hydrogen-bond acceptors (Lipinski definition) is 22. The van der Waals surface area contributed by atoms with Crippen molar-refractivity contribution in [3.8, 4) is 6.07 Å². The Kier molecular flexibility index (Phi) is 47.0. The zero-order chi connectivity index (χ0) is 71.3. The van der Waals surface area contributed by atoms with E-state index in [0.29, 0.717) is 63.8 Å². The predicted octanol–water partition coefficient (Wildman–Crippen LogP) is 9.37. The standard InChI is InChI=1S/C68H122N7O20P.2CH4.5H2/c1-17-57-49(9)46(6)52(12)65(93-57)86-30-19-26-70-60(78)23-35-83-41-68(74-63(81)37-62(80)72-29-22-34-92-96(91-33-18-25-69)75(44(2)3)45(4)5,43-85-40-64(82)73-28-21-32-88-67-54(14)48(8)51(11)59(95-67)39-90-56(16)77)42-84-36-24-61(79)71-27-20-31-87-66-53(13)47(7)50(10)58(94-66)38-89-55(15)76;;;;;;;/h44-54,57-59,65-67H,17-24,26-43H2,1-16H3,(H,70,78)(H,71,79)(H,72,80)(H,73,82)(H,74,81);2*1H4;5*1H/t46-,47-,48-,49+,50+,51+,52?,53?,54?,57?,58?,59?,65+,66+,67+,68?,96?;;;;;;;/m0......./s1. The molecule has 0 radical (unpaired) electrons. The van der Waals surface area contributed by atoms with Gasteiger partial charge in [-0.05, 0) is 95.3 Å². The van der Waals surface area contributed by atoms with Crippen LogP contribution in [0.3, 0.4) is 0 Å². The first kappa shape index (κ1) is 91.7. The summed E-state index contributed by atoms with van der Waals surface area (Å²) in [5, 5.41) is 23.4. The molecule has 0 aromatic rings. The smallest absolute Gasteiger partial charge is 0.302 e. The quantitative estimate of drug-likeness (QED) is 0.0164. The molecular weight excluding hydrogens is 1290 g/mol. The SMILES string of the molecule is C.C.CCC1O[C@@H](OCCCNC(=O)CCOCC(COCCC(=O)NCCCO[C@@H]2OC(COC(C)=O)[C@H](C)[C@H](C)C2C)(COCC(=O)NCCCO[C@@H]2OC(COC(C)=O)[C@H](C)[C@H](C)C2C)NC(=O)CC(=O)NCCCOP(OCCC#N)N(C(C)C)C(C)C)C(C)[C@@H](C)[C@H]1C.[HH].[HH].[HH].[HH].[HH]. The van der Waals surface area contributed by atoms with Crippen LogP contribution in [0.25, 0.3) is 0 Å². The van der Waals surface area contributed by atoms with Crippen LogP contribution < -0.4 is 26.6 Å². The fraction of sp³-hybridized carbons (Fsp3) is 0.886. The van der Waals surface area contributed by atoms with Gasteiger partial charge in [0.1, 0.15) is 31.8 Å². The number of rotatable bonds is 48. The van der Waals surface area contributed by atoms with Gasteiger partial charge in [-0.15, -0.1) is 0 Å². The van der Waals surface area contributed by atoms with Crippen LogP contribution in [0.4, 0.5) is 0 Å². The third-order valence-corrected chi connectivity index (χ3v) is 20.7. The van der Waals surface area contributed by atoms with Crippen LogP contribution >= 0.6 is 8.53 Å². The Morgan fingerprint density at radius 1 is 0.500 bits per heavy atom. The first-order valence-corrected chi connectivity index (χ1v) is 36.2. The van der Waals surface area contributed by atoms with E-state index in [1.54, 1.807) is 0 Å². The molecule has 0 spiro atoms. The van der Waals surface area contributed by atoms with Gasteiger partial charge in [0.2, 0.25) is 29.5 Å². The Bertz CT molecular complexity index is 2350. The Balaban J connectivity index is -0.00000457. The summed E-state index contributed by atoms with van der Waals surface area (Å²) in [5.41, 5.74) is -1.56. The molecule has 5 amide bonds. The van der Waals surface area contributed by atoms with Crippen LogP contribution in [0, 0.1) is 64.6 Å². The van der Waals surface area contributed by atoms with Crippen molar-refractivity contribution in [2.75, 3.05) is 112 Å². The molecule has 27 nitrogen and oxygen atoms in total. The molecule has 0 aliphatic carbocycles. The molecule has 17 atom stereocenters. The highest BCUT2D eigenvalue weighted by molar-refractivity contribution is 7.44. The van der Waals surface area contributed by atoms with Crippen LogP contribution in [0.15, 0.2) is 0 Å². The molecule has 3 fully saturated rings. The van der Waals surface area contributed by atoms with Crippen molar-refractivity contribution < 1.29 is 102 Å². The molecule has 0 saturated carbocycles. The minimum Gasteiger partial charge on any atom is -0.463 e. The Hall–Kier alpha value is -4.27. The summed E-state index contributed by atoms with van der Waals surface area (Å²) in [4.78, 5) is 90.2. The monoisotopic (exact) mass is 1430 g/mol. The number of carbonyl (C=O) groups is 7. The number of carbonyl (C=O) groups excluding carboxylic acids is 7. The third kappa shape index (κ3) is 34.1. The molecule has 0 aromatic heterocycles. The summed E-state index contributed by atoms with van der Waals surface area (Å²) in [5.74, 6) is -1.20. The second kappa shape index (κ2) is 50.2. The number of amides is 5. The van der Waals surface area contributed by atoms with Gasteiger partial charge in [-0.2, -0.15) is 5.26 Å². The molecule has 5 N–H and O–H groups in total. The number of hydrogen-bond donors (Lipinski definition) is 5. The minimum absolute atomic E-state index is 0. The summed E-state index contributed by atoms with van der Waals surface area (Å²) in [6, 6.07) is 2.29. The van der Waals surface area contributed by atoms with Crippen LogP contribution in [0.1, 0.15) is 191 Å². The average molecular weight is 1430 g/mol. The molecule has 0 bridgehead atoms. The van der Waals surface area contributed by atoms with Crippen molar-refractivity contribution in [1.29, 1.82) is 5.26 Å². The van der Waals surface area contributed by atoms with Crippen molar-refractivity contribution in [2.45, 2.75) is 238 Å². The normalized spacial score (nSPS) is 26.3. The van der Waals surface area contributed by atoms with E-state index in [-0.39, 0.29) is 222 Å². The maximum atomic E-state index is 14.0. The average Bonchev–Trinajstić information content (AvgIpc) is 0.842. The predicted molar refractivity (Wildman–Crippen MR) is 383 cm³/mol. The number of ether oxygens (including phenoxy) is 11. The van der Waals surface area contributed by atoms with Gasteiger partial charge in [0.25, 0.3) is 8.53 Å². The lowest BCUT2D eigenvalue weighted by atomic mass is 9.78. The van der Waals surface area contributed by atoms with Gasteiger partial charge in [0.15, 0.2) is 18.9 Å². The highest BCUT2D eigenvalue weighted by Crippen LogP contribution is 2.46. The van der Waals surface area contributed by atoms with Crippen molar-refractivity contribution in [3.05, 3.63) is 0 Å². The lowest BCUT2D eigenvalue weighted by molar-refractivity contribution is -0.255. The zero-order valence-electron chi connectivity index (χ0n) is 60.7. The zero-order valence-corrected chi connectivity index (χ0v) is 61.6. The number of nitriles is 1. The van der Waals surface area contributed by atoms with Crippen molar-refractivity contribution in [2.24, 2.45) is 53.3 Å². The summed E-state index contributed by atoms with van der Waals surface area (Å²) >= 11 is 0. The first-order valence-electron chi connectivity index (χ1n) is 35.0. The van der Waals surface area contributed by atoms with E-state index < -0.39 is 57.4 Å². The molecule has 3 aliphatic heterocycles. The van der Waals surface area contributed by atoms with E-state index in [0.717, 1.165) is 6.42 Å². The molecule has 3 rings (SSSR count). The number of nitrogens with zero attached hydrogens (tertiary/aromatic N) is 2. The van der Waals surface area contributed by atoms with E-state index >= 15 is 0 Å². The van der Waals surface area contributed by atoms with Crippen LogP contribution in [-0.2, 0) is 94.7 Å². The van der Waals surface area contributed by atoms with Gasteiger partial charge in [0.05, 0.1) is 96.9 Å². The fourth-order valence-corrected chi connectivity index (χ4v) is 13.4. The molecule has 3 heterocycles. The highest BCUT2D eigenvalue weighted by Gasteiger charge is 2.43. The van der Waals surface area contributed by atoms with E-state index in [9.17, 15) is 33.6 Å². The topological polar surface area (TPSA) is 327 Å². The van der Waals surface area contributed by atoms with Crippen LogP contribution in [-0.4, -0.2) is 213 Å². The molecular formula is C70H140N7O20P. The molecule has 580 valence electrons. The highest BCUT2D eigenvalue weighted by atomic mass is 31.2. The summed E-state index contributed by atoms with van der Waals surface area (Å²) in [6.45, 7) is 33.1. The maximum Gasteiger partial charge on any atom is 0.302 e. The van der Waals surface area contributed by atoms with Crippen molar-refractivity contribution >= 4 is 50.0 Å². The molecule has 3 saturated heterocycles. The molecule has 8 unspecified atom stereocenters. The van der Waals surface area contributed by atoms with Crippen molar-refractivity contribution in [1.82, 2.24) is 31.3 Å². The van der Waals surface area contributed by atoms with Gasteiger partial charge in [0, 0.05) is 89.8 Å². The largest absolute Gasteiger partial charge is 0.463 e. The number of esters is 2. The maximum absolute atomic E-state index is 14.0. The second-order valence-corrected chi connectivity index (χ2v) is 28.2. The Morgan fingerprint density at radius 3 is 1.29 bits per heavy atom. The number of nitrogens with one attached hydrogen (secondary N) is 5. The summed E-state index contributed by atoms with van der Waals surface area (Å²) in [6.07, 6.45) is 0.329. The Labute approximate surface area is 596 Å². The van der Waals surface area contributed by atoms with E-state index in [1.807, 2.05) is 34.6 Å². The summed E-state index contributed by atoms with van der Waals surface area (Å²) < 4.78 is 80.1. The van der Waals surface area contributed by atoms with Gasteiger partial charge in [-0.1, -0.05) is 84.1 Å². The second-order valence-electron chi connectivity index (χ2n) is 26.8. The molecule has 98 heavy (non-hydrogen) atoms. The lowest BCUT2D eigenvalue weighted by Gasteiger charge is -2.43. The van der Waals surface area contributed by atoms with Gasteiger partial charge < -0.3 is 87.7 Å². The van der Waals surface area contributed by atoms with Crippen LogP contribution in [0.5, 0.6) is 0 Å². The van der Waals surface area contributed by atoms with Crippen LogP contribution in [0.2, 0.25) is 0 Å². The molecule has 3 aliphatic rings. The Morgan fingerprint density at radius 2 is 0.878 bits per heavy atom. The third-order valence-electron chi connectivity index (χ3n) is 18.6. The first-order chi connectivity index (χ1) is 45.6. The fourth-order valence-electron chi connectivity index (χ4n) is 11.7. The molecule has 28 heteroatoms.